The van der Waals surface area contributed by atoms with E-state index in [0.717, 1.165) is 28.6 Å². The summed E-state index contributed by atoms with van der Waals surface area (Å²) < 4.78 is 6.70. The van der Waals surface area contributed by atoms with Crippen molar-refractivity contribution in [3.8, 4) is 5.75 Å². The molecule has 0 spiro atoms. The highest BCUT2D eigenvalue weighted by atomic mass is 79.9. The summed E-state index contributed by atoms with van der Waals surface area (Å²) in [6.45, 7) is 2.64. The van der Waals surface area contributed by atoms with Crippen molar-refractivity contribution in [2.45, 2.75) is 25.8 Å². The van der Waals surface area contributed by atoms with Gasteiger partial charge in [-0.2, -0.15) is 0 Å². The van der Waals surface area contributed by atoms with Crippen molar-refractivity contribution < 1.29 is 4.74 Å². The van der Waals surface area contributed by atoms with E-state index in [1.807, 2.05) is 25.1 Å². The Morgan fingerprint density at radius 1 is 1.15 bits per heavy atom. The highest BCUT2D eigenvalue weighted by molar-refractivity contribution is 9.10. The summed E-state index contributed by atoms with van der Waals surface area (Å²) in [7, 11) is 0. The van der Waals surface area contributed by atoms with Crippen LogP contribution >= 0.6 is 15.9 Å². The van der Waals surface area contributed by atoms with Crippen molar-refractivity contribution in [2.75, 3.05) is 6.61 Å². The molecule has 0 fully saturated rings. The summed E-state index contributed by atoms with van der Waals surface area (Å²) in [6, 6.07) is 16.4. The molecule has 0 radical (unpaired) electrons. The van der Waals surface area contributed by atoms with Gasteiger partial charge in [0.2, 0.25) is 0 Å². The quantitative estimate of drug-likeness (QED) is 0.845. The standard InChI is InChI=1S/C17H20BrNO/c1-2-20-17-11-9-14(18)12-15(17)16(19)10-8-13-6-4-3-5-7-13/h3-7,9,11-12,16H,2,8,10,19H2,1H3. The van der Waals surface area contributed by atoms with Crippen molar-refractivity contribution in [1.82, 2.24) is 0 Å². The van der Waals surface area contributed by atoms with E-state index in [9.17, 15) is 0 Å². The van der Waals surface area contributed by atoms with Gasteiger partial charge in [-0.3, -0.25) is 0 Å². The van der Waals surface area contributed by atoms with Crippen LogP contribution in [0, 0.1) is 0 Å². The first-order valence-corrected chi connectivity index (χ1v) is 7.71. The number of rotatable bonds is 6. The highest BCUT2D eigenvalue weighted by Gasteiger charge is 2.13. The van der Waals surface area contributed by atoms with Crippen LogP contribution in [0.1, 0.15) is 30.5 Å². The maximum atomic E-state index is 6.34. The van der Waals surface area contributed by atoms with Crippen molar-refractivity contribution >= 4 is 15.9 Å². The van der Waals surface area contributed by atoms with Crippen LogP contribution in [0.5, 0.6) is 5.75 Å². The zero-order valence-corrected chi connectivity index (χ0v) is 13.3. The minimum absolute atomic E-state index is 0.0192. The average Bonchev–Trinajstić information content (AvgIpc) is 2.48. The molecule has 0 aromatic heterocycles. The summed E-state index contributed by atoms with van der Waals surface area (Å²) in [4.78, 5) is 0. The Hall–Kier alpha value is -1.32. The van der Waals surface area contributed by atoms with Crippen LogP contribution in [0.2, 0.25) is 0 Å². The topological polar surface area (TPSA) is 35.2 Å². The maximum Gasteiger partial charge on any atom is 0.124 e. The van der Waals surface area contributed by atoms with Crippen LogP contribution in [0.3, 0.4) is 0 Å². The van der Waals surface area contributed by atoms with Gasteiger partial charge < -0.3 is 10.5 Å². The molecule has 2 aromatic rings. The Balaban J connectivity index is 2.08. The molecule has 0 aliphatic carbocycles. The Morgan fingerprint density at radius 3 is 2.60 bits per heavy atom. The van der Waals surface area contributed by atoms with Crippen LogP contribution in [0.15, 0.2) is 53.0 Å². The van der Waals surface area contributed by atoms with Gasteiger partial charge in [-0.05, 0) is 43.5 Å². The Kier molecular flexibility index (Phi) is 5.62. The van der Waals surface area contributed by atoms with Gasteiger partial charge in [0, 0.05) is 16.1 Å². The lowest BCUT2D eigenvalue weighted by molar-refractivity contribution is 0.333. The predicted molar refractivity (Wildman–Crippen MR) is 87.0 cm³/mol. The van der Waals surface area contributed by atoms with Gasteiger partial charge >= 0.3 is 0 Å². The van der Waals surface area contributed by atoms with E-state index < -0.39 is 0 Å². The Labute approximate surface area is 129 Å². The van der Waals surface area contributed by atoms with Crippen LogP contribution in [0.25, 0.3) is 0 Å². The van der Waals surface area contributed by atoms with Crippen molar-refractivity contribution in [2.24, 2.45) is 5.73 Å². The van der Waals surface area contributed by atoms with E-state index >= 15 is 0 Å². The lowest BCUT2D eigenvalue weighted by atomic mass is 9.99. The third-order valence-corrected chi connectivity index (χ3v) is 3.75. The molecule has 0 bridgehead atoms. The molecule has 20 heavy (non-hydrogen) atoms. The number of ether oxygens (including phenoxy) is 1. The fraction of sp³-hybridized carbons (Fsp3) is 0.294. The normalized spacial score (nSPS) is 12.2. The third kappa shape index (κ3) is 4.09. The van der Waals surface area contributed by atoms with E-state index in [1.54, 1.807) is 0 Å². The van der Waals surface area contributed by atoms with Crippen LogP contribution < -0.4 is 10.5 Å². The number of nitrogens with two attached hydrogens (primary N) is 1. The molecular formula is C17H20BrNO. The second kappa shape index (κ2) is 7.46. The van der Waals surface area contributed by atoms with Gasteiger partial charge in [0.05, 0.1) is 6.61 Å². The summed E-state index contributed by atoms with van der Waals surface area (Å²) in [5.41, 5.74) is 8.72. The van der Waals surface area contributed by atoms with Crippen LogP contribution in [0.4, 0.5) is 0 Å². The summed E-state index contributed by atoms with van der Waals surface area (Å²) in [5.74, 6) is 0.885. The first-order valence-electron chi connectivity index (χ1n) is 6.92. The van der Waals surface area contributed by atoms with Gasteiger partial charge in [-0.1, -0.05) is 46.3 Å². The summed E-state index contributed by atoms with van der Waals surface area (Å²) in [5, 5.41) is 0. The van der Waals surface area contributed by atoms with Gasteiger partial charge in [0.1, 0.15) is 5.75 Å². The second-order valence-electron chi connectivity index (χ2n) is 4.75. The predicted octanol–water partition coefficient (Wildman–Crippen LogP) is 4.48. The van der Waals surface area contributed by atoms with Crippen molar-refractivity contribution in [1.29, 1.82) is 0 Å². The summed E-state index contributed by atoms with van der Waals surface area (Å²) >= 11 is 3.50. The molecule has 0 aliphatic heterocycles. The molecule has 0 saturated heterocycles. The molecular weight excluding hydrogens is 314 g/mol. The molecule has 2 N–H and O–H groups in total. The minimum atomic E-state index is -0.0192. The first kappa shape index (κ1) is 15.1. The first-order chi connectivity index (χ1) is 9.70. The number of hydrogen-bond donors (Lipinski definition) is 1. The zero-order chi connectivity index (χ0) is 14.4. The van der Waals surface area contributed by atoms with E-state index in [1.165, 1.54) is 5.56 Å². The molecule has 1 atom stereocenters. The third-order valence-electron chi connectivity index (χ3n) is 3.26. The molecule has 0 aliphatic rings. The molecule has 0 heterocycles. The summed E-state index contributed by atoms with van der Waals surface area (Å²) in [6.07, 6.45) is 1.88. The Morgan fingerprint density at radius 2 is 1.90 bits per heavy atom. The monoisotopic (exact) mass is 333 g/mol. The number of hydrogen-bond acceptors (Lipinski definition) is 2. The maximum absolute atomic E-state index is 6.34. The smallest absolute Gasteiger partial charge is 0.124 e. The van der Waals surface area contributed by atoms with E-state index in [2.05, 4.69) is 46.3 Å². The molecule has 2 nitrogen and oxygen atoms in total. The molecule has 2 rings (SSSR count). The number of aryl methyl sites for hydroxylation is 1. The fourth-order valence-electron chi connectivity index (χ4n) is 2.22. The highest BCUT2D eigenvalue weighted by Crippen LogP contribution is 2.29. The molecule has 106 valence electrons. The minimum Gasteiger partial charge on any atom is -0.494 e. The van der Waals surface area contributed by atoms with Crippen LogP contribution in [-0.4, -0.2) is 6.61 Å². The Bertz CT molecular complexity index is 542. The van der Waals surface area contributed by atoms with Gasteiger partial charge in [-0.25, -0.2) is 0 Å². The fourth-order valence-corrected chi connectivity index (χ4v) is 2.60. The van der Waals surface area contributed by atoms with E-state index in [0.29, 0.717) is 6.61 Å². The number of benzene rings is 2. The van der Waals surface area contributed by atoms with Gasteiger partial charge in [0.15, 0.2) is 0 Å². The zero-order valence-electron chi connectivity index (χ0n) is 11.7. The SMILES string of the molecule is CCOc1ccc(Br)cc1C(N)CCc1ccccc1. The average molecular weight is 334 g/mol. The van der Waals surface area contributed by atoms with Crippen LogP contribution in [-0.2, 0) is 6.42 Å². The molecule has 2 aromatic carbocycles. The number of halogens is 1. The molecule has 3 heteroatoms. The van der Waals surface area contributed by atoms with E-state index in [4.69, 9.17) is 10.5 Å². The molecule has 0 saturated carbocycles. The largest absolute Gasteiger partial charge is 0.494 e. The molecule has 1 unspecified atom stereocenters. The lowest BCUT2D eigenvalue weighted by Gasteiger charge is -2.17. The molecule has 0 amide bonds. The second-order valence-corrected chi connectivity index (χ2v) is 5.66. The van der Waals surface area contributed by atoms with Gasteiger partial charge in [0.25, 0.3) is 0 Å². The van der Waals surface area contributed by atoms with Gasteiger partial charge in [-0.15, -0.1) is 0 Å². The van der Waals surface area contributed by atoms with Crippen molar-refractivity contribution in [3.63, 3.8) is 0 Å². The van der Waals surface area contributed by atoms with Crippen molar-refractivity contribution in [3.05, 3.63) is 64.1 Å². The lowest BCUT2D eigenvalue weighted by Crippen LogP contribution is -2.13. The van der Waals surface area contributed by atoms with E-state index in [-0.39, 0.29) is 6.04 Å².